The highest BCUT2D eigenvalue weighted by Gasteiger charge is 2.08. The van der Waals surface area contributed by atoms with Crippen molar-refractivity contribution in [1.82, 2.24) is 14.8 Å². The summed E-state index contributed by atoms with van der Waals surface area (Å²) in [7, 11) is 0. The lowest BCUT2D eigenvalue weighted by atomic mass is 10.1. The Morgan fingerprint density at radius 2 is 1.88 bits per heavy atom. The first-order chi connectivity index (χ1) is 8.20. The maximum Gasteiger partial charge on any atom is 0.163 e. The first kappa shape index (κ1) is 11.8. The molecule has 0 N–H and O–H groups in total. The van der Waals surface area contributed by atoms with Gasteiger partial charge in [-0.15, -0.1) is 10.2 Å². The molecular weight excluding hydrogens is 210 g/mol. The van der Waals surface area contributed by atoms with E-state index in [1.165, 1.54) is 5.56 Å². The van der Waals surface area contributed by atoms with Crippen LogP contribution in [-0.4, -0.2) is 14.8 Å². The van der Waals surface area contributed by atoms with E-state index >= 15 is 0 Å². The van der Waals surface area contributed by atoms with Gasteiger partial charge in [0.1, 0.15) is 6.33 Å². The van der Waals surface area contributed by atoms with E-state index in [0.29, 0.717) is 5.92 Å². The maximum atomic E-state index is 4.21. The van der Waals surface area contributed by atoms with Crippen molar-refractivity contribution in [2.45, 2.75) is 33.7 Å². The summed E-state index contributed by atoms with van der Waals surface area (Å²) >= 11 is 0. The Bertz CT molecular complexity index is 468. The van der Waals surface area contributed by atoms with Gasteiger partial charge in [0.25, 0.3) is 0 Å². The molecule has 0 aliphatic heterocycles. The van der Waals surface area contributed by atoms with E-state index in [1.807, 2.05) is 6.33 Å². The van der Waals surface area contributed by atoms with Gasteiger partial charge >= 0.3 is 0 Å². The molecular formula is C14H19N3. The minimum atomic E-state index is 0.597. The number of nitrogens with zero attached hydrogens (tertiary/aromatic N) is 3. The first-order valence-corrected chi connectivity index (χ1v) is 6.17. The Balaban J connectivity index is 2.29. The molecule has 2 rings (SSSR count). The second kappa shape index (κ2) is 5.13. The fourth-order valence-corrected chi connectivity index (χ4v) is 1.90. The second-order valence-corrected chi connectivity index (χ2v) is 4.75. The Morgan fingerprint density at radius 3 is 2.47 bits per heavy atom. The summed E-state index contributed by atoms with van der Waals surface area (Å²) in [6, 6.07) is 8.56. The molecule has 0 saturated carbocycles. The Kier molecular flexibility index (Phi) is 3.57. The van der Waals surface area contributed by atoms with Crippen LogP contribution in [0, 0.1) is 5.92 Å². The predicted octanol–water partition coefficient (Wildman–Crippen LogP) is 3.16. The van der Waals surface area contributed by atoms with Gasteiger partial charge in [0.05, 0.1) is 0 Å². The minimum Gasteiger partial charge on any atom is -0.313 e. The van der Waals surface area contributed by atoms with Crippen molar-refractivity contribution in [3.63, 3.8) is 0 Å². The third-order valence-electron chi connectivity index (χ3n) is 2.80. The lowest BCUT2D eigenvalue weighted by molar-refractivity contribution is 0.525. The van der Waals surface area contributed by atoms with E-state index in [4.69, 9.17) is 0 Å². The zero-order valence-corrected chi connectivity index (χ0v) is 10.7. The van der Waals surface area contributed by atoms with Crippen LogP contribution in [0.4, 0.5) is 0 Å². The largest absolute Gasteiger partial charge is 0.313 e. The van der Waals surface area contributed by atoms with Gasteiger partial charge in [-0.2, -0.15) is 0 Å². The van der Waals surface area contributed by atoms with Crippen molar-refractivity contribution in [1.29, 1.82) is 0 Å². The second-order valence-electron chi connectivity index (χ2n) is 4.75. The number of aromatic nitrogens is 3. The van der Waals surface area contributed by atoms with Gasteiger partial charge < -0.3 is 4.57 Å². The van der Waals surface area contributed by atoms with Crippen LogP contribution in [0.25, 0.3) is 11.4 Å². The van der Waals surface area contributed by atoms with Gasteiger partial charge in [0, 0.05) is 12.1 Å². The summed E-state index contributed by atoms with van der Waals surface area (Å²) < 4.78 is 2.12. The highest BCUT2D eigenvalue weighted by atomic mass is 15.3. The molecule has 0 aliphatic carbocycles. The summed E-state index contributed by atoms with van der Waals surface area (Å²) in [6.07, 6.45) is 2.88. The van der Waals surface area contributed by atoms with Crippen molar-refractivity contribution in [3.8, 4) is 11.4 Å². The van der Waals surface area contributed by atoms with E-state index in [9.17, 15) is 0 Å². The number of rotatable bonds is 4. The summed E-state index contributed by atoms with van der Waals surface area (Å²) in [6.45, 7) is 7.52. The van der Waals surface area contributed by atoms with Gasteiger partial charge in [0.2, 0.25) is 0 Å². The standard InChI is InChI=1S/C14H19N3/c1-4-12-5-7-13(8-6-12)14-16-15-10-17(14)9-11(2)3/h5-8,10-11H,4,9H2,1-3H3. The van der Waals surface area contributed by atoms with Crippen LogP contribution < -0.4 is 0 Å². The quantitative estimate of drug-likeness (QED) is 0.806. The lowest BCUT2D eigenvalue weighted by Crippen LogP contribution is -2.05. The molecule has 1 heterocycles. The SMILES string of the molecule is CCc1ccc(-c2nncn2CC(C)C)cc1. The van der Waals surface area contributed by atoms with Crippen molar-refractivity contribution in [3.05, 3.63) is 36.2 Å². The molecule has 90 valence electrons. The van der Waals surface area contributed by atoms with E-state index in [-0.39, 0.29) is 0 Å². The number of benzene rings is 1. The van der Waals surface area contributed by atoms with Crippen LogP contribution in [-0.2, 0) is 13.0 Å². The summed E-state index contributed by atoms with van der Waals surface area (Å²) in [5.74, 6) is 1.56. The third kappa shape index (κ3) is 2.73. The fourth-order valence-electron chi connectivity index (χ4n) is 1.90. The van der Waals surface area contributed by atoms with Crippen LogP contribution in [0.3, 0.4) is 0 Å². The Labute approximate surface area is 103 Å². The van der Waals surface area contributed by atoms with Crippen molar-refractivity contribution >= 4 is 0 Å². The first-order valence-electron chi connectivity index (χ1n) is 6.17. The average Bonchev–Trinajstić information content (AvgIpc) is 2.76. The van der Waals surface area contributed by atoms with Crippen LogP contribution in [0.2, 0.25) is 0 Å². The minimum absolute atomic E-state index is 0.597. The predicted molar refractivity (Wildman–Crippen MR) is 69.7 cm³/mol. The third-order valence-corrected chi connectivity index (χ3v) is 2.80. The topological polar surface area (TPSA) is 30.7 Å². The summed E-state index contributed by atoms with van der Waals surface area (Å²) in [4.78, 5) is 0. The number of hydrogen-bond donors (Lipinski definition) is 0. The van der Waals surface area contributed by atoms with Crippen molar-refractivity contribution < 1.29 is 0 Å². The Morgan fingerprint density at radius 1 is 1.18 bits per heavy atom. The lowest BCUT2D eigenvalue weighted by Gasteiger charge is -2.09. The zero-order chi connectivity index (χ0) is 12.3. The molecule has 0 fully saturated rings. The molecule has 0 unspecified atom stereocenters. The number of aryl methyl sites for hydroxylation is 1. The molecule has 0 amide bonds. The molecule has 1 aromatic carbocycles. The highest BCUT2D eigenvalue weighted by Crippen LogP contribution is 2.18. The average molecular weight is 229 g/mol. The summed E-state index contributed by atoms with van der Waals surface area (Å²) in [5.41, 5.74) is 2.49. The molecule has 17 heavy (non-hydrogen) atoms. The van der Waals surface area contributed by atoms with E-state index in [1.54, 1.807) is 0 Å². The summed E-state index contributed by atoms with van der Waals surface area (Å²) in [5, 5.41) is 8.22. The highest BCUT2D eigenvalue weighted by molar-refractivity contribution is 5.55. The van der Waals surface area contributed by atoms with E-state index in [2.05, 4.69) is 59.8 Å². The molecule has 3 nitrogen and oxygen atoms in total. The number of hydrogen-bond acceptors (Lipinski definition) is 2. The monoisotopic (exact) mass is 229 g/mol. The molecule has 0 aliphatic rings. The molecule has 2 aromatic rings. The maximum absolute atomic E-state index is 4.21. The van der Waals surface area contributed by atoms with E-state index in [0.717, 1.165) is 24.4 Å². The van der Waals surface area contributed by atoms with Crippen LogP contribution in [0.5, 0.6) is 0 Å². The molecule has 1 aromatic heterocycles. The van der Waals surface area contributed by atoms with Crippen LogP contribution >= 0.6 is 0 Å². The van der Waals surface area contributed by atoms with Gasteiger partial charge in [-0.1, -0.05) is 45.0 Å². The van der Waals surface area contributed by atoms with E-state index < -0.39 is 0 Å². The van der Waals surface area contributed by atoms with Gasteiger partial charge in [-0.3, -0.25) is 0 Å². The van der Waals surface area contributed by atoms with Crippen molar-refractivity contribution in [2.75, 3.05) is 0 Å². The zero-order valence-electron chi connectivity index (χ0n) is 10.7. The fraction of sp³-hybridized carbons (Fsp3) is 0.429. The van der Waals surface area contributed by atoms with Gasteiger partial charge in [-0.05, 0) is 17.9 Å². The van der Waals surface area contributed by atoms with Crippen LogP contribution in [0.1, 0.15) is 26.3 Å². The molecule has 0 saturated heterocycles. The molecule has 0 spiro atoms. The molecule has 0 bridgehead atoms. The Hall–Kier alpha value is -1.64. The van der Waals surface area contributed by atoms with Gasteiger partial charge in [0.15, 0.2) is 5.82 Å². The smallest absolute Gasteiger partial charge is 0.163 e. The molecule has 3 heteroatoms. The van der Waals surface area contributed by atoms with Crippen LogP contribution in [0.15, 0.2) is 30.6 Å². The normalized spacial score (nSPS) is 11.1. The molecule has 0 radical (unpaired) electrons. The molecule has 0 atom stereocenters. The van der Waals surface area contributed by atoms with Crippen molar-refractivity contribution in [2.24, 2.45) is 5.92 Å². The van der Waals surface area contributed by atoms with Gasteiger partial charge in [-0.25, -0.2) is 0 Å².